The number of guanidine groups is 1. The van der Waals surface area contributed by atoms with Gasteiger partial charge in [0.1, 0.15) is 17.2 Å². The number of ether oxygens (including phenoxy) is 2. The number of phenolic OH excluding ortho intramolecular Hbond substituents is 1. The van der Waals surface area contributed by atoms with Gasteiger partial charge < -0.3 is 25.2 Å². The van der Waals surface area contributed by atoms with Gasteiger partial charge >= 0.3 is 6.61 Å². The molecule has 154 valence electrons. The molecule has 6 nitrogen and oxygen atoms in total. The lowest BCUT2D eigenvalue weighted by Crippen LogP contribution is -2.36. The summed E-state index contributed by atoms with van der Waals surface area (Å²) >= 11 is 0. The van der Waals surface area contributed by atoms with Crippen LogP contribution in [0, 0.1) is 0 Å². The highest BCUT2D eigenvalue weighted by Crippen LogP contribution is 2.23. The molecule has 2 rings (SSSR count). The lowest BCUT2D eigenvalue weighted by atomic mass is 10.2. The maximum Gasteiger partial charge on any atom is 0.387 e. The minimum Gasteiger partial charge on any atom is -0.508 e. The first-order valence-corrected chi connectivity index (χ1v) is 8.44. The summed E-state index contributed by atoms with van der Waals surface area (Å²) in [4.78, 5) is 4.42. The highest BCUT2D eigenvalue weighted by atomic mass is 127. The van der Waals surface area contributed by atoms with Crippen molar-refractivity contribution >= 4 is 29.9 Å². The van der Waals surface area contributed by atoms with E-state index < -0.39 is 6.61 Å². The number of methoxy groups -OCH3 is 1. The largest absolute Gasteiger partial charge is 0.508 e. The van der Waals surface area contributed by atoms with E-state index in [-0.39, 0.29) is 48.6 Å². The van der Waals surface area contributed by atoms with Crippen LogP contribution < -0.4 is 20.1 Å². The predicted molar refractivity (Wildman–Crippen MR) is 115 cm³/mol. The molecule has 0 aliphatic heterocycles. The second-order valence-corrected chi connectivity index (χ2v) is 5.53. The highest BCUT2D eigenvalue weighted by molar-refractivity contribution is 14.0. The van der Waals surface area contributed by atoms with E-state index >= 15 is 0 Å². The van der Waals surface area contributed by atoms with Crippen LogP contribution in [-0.4, -0.2) is 31.3 Å². The van der Waals surface area contributed by atoms with Crippen LogP contribution in [0.15, 0.2) is 47.5 Å². The number of hydrogen-bond donors (Lipinski definition) is 3. The number of para-hydroxylation sites is 1. The fraction of sp³-hybridized carbons (Fsp3) is 0.316. The molecule has 28 heavy (non-hydrogen) atoms. The van der Waals surface area contributed by atoms with E-state index in [0.29, 0.717) is 29.4 Å². The molecule has 9 heteroatoms. The van der Waals surface area contributed by atoms with Crippen molar-refractivity contribution in [1.82, 2.24) is 10.6 Å². The molecule has 0 aliphatic rings. The summed E-state index contributed by atoms with van der Waals surface area (Å²) in [5.41, 5.74) is 1.18. The third-order valence-electron chi connectivity index (χ3n) is 3.67. The van der Waals surface area contributed by atoms with E-state index in [0.717, 1.165) is 0 Å². The van der Waals surface area contributed by atoms with Gasteiger partial charge in [0.05, 0.1) is 13.7 Å². The molecule has 0 saturated heterocycles. The van der Waals surface area contributed by atoms with Gasteiger partial charge in [-0.25, -0.2) is 4.99 Å². The zero-order valence-corrected chi connectivity index (χ0v) is 17.9. The molecule has 0 atom stereocenters. The Bertz CT molecular complexity index is 776. The van der Waals surface area contributed by atoms with Crippen LogP contribution in [0.2, 0.25) is 0 Å². The monoisotopic (exact) mass is 507 g/mol. The maximum absolute atomic E-state index is 12.5. The molecular formula is C19H24F2IN3O3. The zero-order chi connectivity index (χ0) is 19.6. The Hall–Kier alpha value is -2.30. The van der Waals surface area contributed by atoms with E-state index in [2.05, 4.69) is 20.4 Å². The number of alkyl halides is 2. The number of aromatic hydroxyl groups is 1. The number of aliphatic imine (C=N–C) groups is 1. The molecule has 2 aromatic rings. The van der Waals surface area contributed by atoms with Gasteiger partial charge in [0, 0.05) is 24.2 Å². The predicted octanol–water partition coefficient (Wildman–Crippen LogP) is 3.88. The lowest BCUT2D eigenvalue weighted by molar-refractivity contribution is -0.0504. The Kier molecular flexibility index (Phi) is 10.4. The normalized spacial score (nSPS) is 11.0. The molecule has 0 fully saturated rings. The smallest absolute Gasteiger partial charge is 0.387 e. The number of phenols is 1. The number of halogens is 3. The van der Waals surface area contributed by atoms with Gasteiger partial charge in [0.25, 0.3) is 0 Å². The molecule has 0 aliphatic carbocycles. The number of rotatable bonds is 8. The summed E-state index contributed by atoms with van der Waals surface area (Å²) in [6.45, 7) is 0.107. The molecule has 0 bridgehead atoms. The molecule has 0 aromatic heterocycles. The summed E-state index contributed by atoms with van der Waals surface area (Å²) in [6.07, 6.45) is 0. The van der Waals surface area contributed by atoms with Gasteiger partial charge in [-0.2, -0.15) is 8.78 Å². The minimum atomic E-state index is -2.89. The topological polar surface area (TPSA) is 75.1 Å². The van der Waals surface area contributed by atoms with Crippen LogP contribution in [0.4, 0.5) is 8.78 Å². The Morgan fingerprint density at radius 3 is 2.57 bits per heavy atom. The molecule has 0 heterocycles. The first kappa shape index (κ1) is 23.7. The third kappa shape index (κ3) is 7.37. The second-order valence-electron chi connectivity index (χ2n) is 5.53. The van der Waals surface area contributed by atoms with E-state index in [9.17, 15) is 13.9 Å². The lowest BCUT2D eigenvalue weighted by Gasteiger charge is -2.14. The highest BCUT2D eigenvalue weighted by Gasteiger charge is 2.10. The summed E-state index contributed by atoms with van der Waals surface area (Å²) in [5.74, 6) is 1.33. The van der Waals surface area contributed by atoms with Crippen molar-refractivity contribution in [3.63, 3.8) is 0 Å². The van der Waals surface area contributed by atoms with E-state index in [1.807, 2.05) is 6.92 Å². The van der Waals surface area contributed by atoms with Crippen LogP contribution in [-0.2, 0) is 13.1 Å². The average Bonchev–Trinajstić information content (AvgIpc) is 2.65. The first-order chi connectivity index (χ1) is 13.0. The number of nitrogens with zero attached hydrogens (tertiary/aromatic N) is 1. The van der Waals surface area contributed by atoms with Gasteiger partial charge in [-0.05, 0) is 31.2 Å². The Balaban J connectivity index is 0.00000392. The average molecular weight is 507 g/mol. The van der Waals surface area contributed by atoms with Crippen LogP contribution in [0.1, 0.15) is 18.1 Å². The van der Waals surface area contributed by atoms with Crippen molar-refractivity contribution in [3.05, 3.63) is 53.6 Å². The molecule has 0 radical (unpaired) electrons. The van der Waals surface area contributed by atoms with Crippen molar-refractivity contribution in [2.24, 2.45) is 4.99 Å². The van der Waals surface area contributed by atoms with E-state index in [1.165, 1.54) is 6.07 Å². The van der Waals surface area contributed by atoms with Gasteiger partial charge in [-0.3, -0.25) is 0 Å². The Morgan fingerprint density at radius 1 is 1.14 bits per heavy atom. The van der Waals surface area contributed by atoms with Crippen LogP contribution in [0.25, 0.3) is 0 Å². The fourth-order valence-electron chi connectivity index (χ4n) is 2.36. The quantitative estimate of drug-likeness (QED) is 0.288. The van der Waals surface area contributed by atoms with E-state index in [4.69, 9.17) is 4.74 Å². The molecule has 0 amide bonds. The summed E-state index contributed by atoms with van der Waals surface area (Å²) < 4.78 is 34.7. The Labute approximate surface area is 180 Å². The van der Waals surface area contributed by atoms with Crippen LogP contribution in [0.3, 0.4) is 0 Å². The molecular weight excluding hydrogens is 483 g/mol. The summed E-state index contributed by atoms with van der Waals surface area (Å²) in [5, 5.41) is 16.1. The number of hydrogen-bond acceptors (Lipinski definition) is 4. The van der Waals surface area contributed by atoms with Crippen LogP contribution >= 0.6 is 24.0 Å². The molecule has 0 unspecified atom stereocenters. The molecule has 0 spiro atoms. The summed E-state index contributed by atoms with van der Waals surface area (Å²) in [7, 11) is 1.55. The number of nitrogens with one attached hydrogen (secondary N) is 2. The van der Waals surface area contributed by atoms with Gasteiger partial charge in [-0.1, -0.05) is 18.2 Å². The fourth-order valence-corrected chi connectivity index (χ4v) is 2.36. The van der Waals surface area contributed by atoms with Crippen molar-refractivity contribution < 1.29 is 23.4 Å². The number of benzene rings is 2. The summed E-state index contributed by atoms with van der Waals surface area (Å²) in [6, 6.07) is 11.5. The minimum absolute atomic E-state index is 0. The molecule has 0 saturated carbocycles. The SMILES string of the molecule is CCNC(=NCc1cc(OC)ccc1O)NCc1ccccc1OC(F)F.I. The third-order valence-corrected chi connectivity index (χ3v) is 3.67. The maximum atomic E-state index is 12.5. The molecule has 3 N–H and O–H groups in total. The van der Waals surface area contributed by atoms with Crippen molar-refractivity contribution in [1.29, 1.82) is 0 Å². The Morgan fingerprint density at radius 2 is 1.89 bits per heavy atom. The molecule has 2 aromatic carbocycles. The zero-order valence-electron chi connectivity index (χ0n) is 15.6. The van der Waals surface area contributed by atoms with Crippen molar-refractivity contribution in [2.75, 3.05) is 13.7 Å². The van der Waals surface area contributed by atoms with Crippen LogP contribution in [0.5, 0.6) is 17.2 Å². The van der Waals surface area contributed by atoms with Gasteiger partial charge in [0.15, 0.2) is 5.96 Å². The van der Waals surface area contributed by atoms with Crippen molar-refractivity contribution in [2.45, 2.75) is 26.6 Å². The van der Waals surface area contributed by atoms with Gasteiger partial charge in [0.2, 0.25) is 0 Å². The van der Waals surface area contributed by atoms with Crippen molar-refractivity contribution in [3.8, 4) is 17.2 Å². The van der Waals surface area contributed by atoms with Gasteiger partial charge in [-0.15, -0.1) is 24.0 Å². The first-order valence-electron chi connectivity index (χ1n) is 8.44. The standard InChI is InChI=1S/C19H23F2N3O3.HI/c1-3-22-19(24-12-14-10-15(26-2)8-9-16(14)25)23-11-13-6-4-5-7-17(13)27-18(20)21;/h4-10,18,25H,3,11-12H2,1-2H3,(H2,22,23,24);1H. The second kappa shape index (κ2) is 12.2. The van der Waals surface area contributed by atoms with E-state index in [1.54, 1.807) is 43.5 Å².